The van der Waals surface area contributed by atoms with E-state index >= 15 is 0 Å². The van der Waals surface area contributed by atoms with Gasteiger partial charge < -0.3 is 9.47 Å². The van der Waals surface area contributed by atoms with Gasteiger partial charge in [-0.2, -0.15) is 0 Å². The van der Waals surface area contributed by atoms with E-state index in [-0.39, 0.29) is 13.2 Å². The molecule has 2 aliphatic heterocycles. The number of carbonyl (C=O) groups excluding carboxylic acids is 2. The first-order valence-corrected chi connectivity index (χ1v) is 7.50. The molecule has 24 heavy (non-hydrogen) atoms. The van der Waals surface area contributed by atoms with Gasteiger partial charge in [-0.1, -0.05) is 0 Å². The largest absolute Gasteiger partial charge is 0.445 e. The summed E-state index contributed by atoms with van der Waals surface area (Å²) in [6.45, 7) is 10.6. The van der Waals surface area contributed by atoms with Gasteiger partial charge in [0.05, 0.1) is 0 Å². The molecular formula is C14H24N2O8. The molecule has 0 aliphatic carbocycles. The Bertz CT molecular complexity index is 477. The monoisotopic (exact) mass is 348 g/mol. The van der Waals surface area contributed by atoms with Gasteiger partial charge in [0.15, 0.2) is 11.2 Å². The summed E-state index contributed by atoms with van der Waals surface area (Å²) in [5.41, 5.74) is 1.47. The number of rotatable bonds is 4. The molecule has 0 bridgehead atoms. The summed E-state index contributed by atoms with van der Waals surface area (Å²) >= 11 is 0. The number of nitrogens with one attached hydrogen (secondary N) is 2. The second-order valence-corrected chi connectivity index (χ2v) is 7.22. The van der Waals surface area contributed by atoms with Crippen LogP contribution < -0.4 is 10.9 Å². The topological polar surface area (TPSA) is 114 Å². The second kappa shape index (κ2) is 6.03. The lowest BCUT2D eigenvalue weighted by molar-refractivity contribution is -0.543. The molecule has 0 aromatic heterocycles. The van der Waals surface area contributed by atoms with Gasteiger partial charge in [0, 0.05) is 0 Å². The summed E-state index contributed by atoms with van der Waals surface area (Å²) < 4.78 is 9.95. The molecule has 0 aromatic rings. The maximum absolute atomic E-state index is 11.6. The third-order valence-corrected chi connectivity index (χ3v) is 4.64. The lowest BCUT2D eigenvalue weighted by Crippen LogP contribution is -2.65. The summed E-state index contributed by atoms with van der Waals surface area (Å²) in [6, 6.07) is 0. The van der Waals surface area contributed by atoms with Crippen LogP contribution in [0.25, 0.3) is 0 Å². The molecule has 2 rings (SSSR count). The zero-order valence-electron chi connectivity index (χ0n) is 14.7. The van der Waals surface area contributed by atoms with E-state index in [1.165, 1.54) is 0 Å². The van der Waals surface area contributed by atoms with Crippen molar-refractivity contribution in [3.8, 4) is 0 Å². The van der Waals surface area contributed by atoms with Gasteiger partial charge in [-0.25, -0.2) is 40.0 Å². The van der Waals surface area contributed by atoms with Gasteiger partial charge in [0.25, 0.3) is 0 Å². The molecule has 2 unspecified atom stereocenters. The average molecular weight is 348 g/mol. The van der Waals surface area contributed by atoms with Crippen LogP contribution >= 0.6 is 0 Å². The number of carbonyl (C=O) groups is 2. The third kappa shape index (κ3) is 3.41. The van der Waals surface area contributed by atoms with Crippen LogP contribution in [-0.2, 0) is 29.0 Å². The minimum Gasteiger partial charge on any atom is -0.445 e. The highest BCUT2D eigenvalue weighted by molar-refractivity contribution is 5.73. The Morgan fingerprint density at radius 3 is 1.25 bits per heavy atom. The predicted molar refractivity (Wildman–Crippen MR) is 78.3 cm³/mol. The SMILES string of the molecule is CC1(C)OOC1(C)COC(=O)NNC(=O)OCC1(C)OOC1(C)C. The lowest BCUT2D eigenvalue weighted by Gasteiger charge is -2.50. The highest BCUT2D eigenvalue weighted by Crippen LogP contribution is 2.40. The summed E-state index contributed by atoms with van der Waals surface area (Å²) in [5, 5.41) is 0. The number of amides is 2. The normalized spacial score (nSPS) is 32.8. The van der Waals surface area contributed by atoms with Gasteiger partial charge in [0.2, 0.25) is 0 Å². The first-order valence-electron chi connectivity index (χ1n) is 7.50. The van der Waals surface area contributed by atoms with Crippen LogP contribution in [0.2, 0.25) is 0 Å². The first kappa shape index (κ1) is 18.7. The van der Waals surface area contributed by atoms with Gasteiger partial charge in [-0.15, -0.1) is 0 Å². The number of hydrazine groups is 1. The molecule has 2 atom stereocenters. The molecule has 2 aliphatic rings. The fourth-order valence-electron chi connectivity index (χ4n) is 1.68. The number of hydrogen-bond acceptors (Lipinski definition) is 8. The van der Waals surface area contributed by atoms with Gasteiger partial charge in [-0.05, 0) is 41.5 Å². The number of ether oxygens (including phenoxy) is 2. The summed E-state index contributed by atoms with van der Waals surface area (Å²) in [5.74, 6) is 0. The molecule has 0 saturated carbocycles. The molecule has 2 saturated heterocycles. The van der Waals surface area contributed by atoms with Gasteiger partial charge >= 0.3 is 12.2 Å². The Morgan fingerprint density at radius 2 is 1.04 bits per heavy atom. The molecule has 2 heterocycles. The smallest absolute Gasteiger partial charge is 0.426 e. The van der Waals surface area contributed by atoms with Crippen molar-refractivity contribution in [3.63, 3.8) is 0 Å². The fraction of sp³-hybridized carbons (Fsp3) is 0.857. The zero-order chi connectivity index (χ0) is 18.2. The van der Waals surface area contributed by atoms with E-state index in [1.54, 1.807) is 13.8 Å². The van der Waals surface area contributed by atoms with Crippen molar-refractivity contribution in [2.24, 2.45) is 0 Å². The molecule has 0 radical (unpaired) electrons. The second-order valence-electron chi connectivity index (χ2n) is 7.22. The maximum atomic E-state index is 11.6. The molecule has 2 fully saturated rings. The van der Waals surface area contributed by atoms with Crippen LogP contribution in [0, 0.1) is 0 Å². The molecule has 0 spiro atoms. The Morgan fingerprint density at radius 1 is 0.708 bits per heavy atom. The molecule has 10 nitrogen and oxygen atoms in total. The first-order chi connectivity index (χ1) is 10.9. The highest BCUT2D eigenvalue weighted by atomic mass is 17.3. The van der Waals surface area contributed by atoms with Crippen LogP contribution in [0.15, 0.2) is 0 Å². The highest BCUT2D eigenvalue weighted by Gasteiger charge is 2.56. The molecule has 2 N–H and O–H groups in total. The fourth-order valence-corrected chi connectivity index (χ4v) is 1.68. The molecule has 2 amide bonds. The van der Waals surface area contributed by atoms with E-state index in [2.05, 4.69) is 10.9 Å². The van der Waals surface area contributed by atoms with Crippen molar-refractivity contribution < 1.29 is 38.6 Å². The molecule has 0 aromatic carbocycles. The third-order valence-electron chi connectivity index (χ3n) is 4.64. The van der Waals surface area contributed by atoms with E-state index in [0.29, 0.717) is 0 Å². The minimum absolute atomic E-state index is 0.0417. The summed E-state index contributed by atoms with van der Waals surface area (Å²) in [4.78, 5) is 43.0. The number of hydrogen-bond donors (Lipinski definition) is 2. The Kier molecular flexibility index (Phi) is 4.70. The zero-order valence-corrected chi connectivity index (χ0v) is 14.7. The van der Waals surface area contributed by atoms with E-state index in [9.17, 15) is 9.59 Å². The van der Waals surface area contributed by atoms with Crippen LogP contribution in [0.4, 0.5) is 9.59 Å². The van der Waals surface area contributed by atoms with E-state index in [1.807, 2.05) is 27.7 Å². The van der Waals surface area contributed by atoms with Crippen molar-refractivity contribution in [2.45, 2.75) is 63.9 Å². The van der Waals surface area contributed by atoms with Crippen LogP contribution in [0.1, 0.15) is 41.5 Å². The van der Waals surface area contributed by atoms with E-state index < -0.39 is 34.6 Å². The Hall–Kier alpha value is -1.62. The van der Waals surface area contributed by atoms with Crippen molar-refractivity contribution in [1.82, 2.24) is 10.9 Å². The summed E-state index contributed by atoms with van der Waals surface area (Å²) in [7, 11) is 0. The van der Waals surface area contributed by atoms with Crippen LogP contribution in [-0.4, -0.2) is 47.8 Å². The molecule has 10 heteroatoms. The van der Waals surface area contributed by atoms with Crippen molar-refractivity contribution in [2.75, 3.05) is 13.2 Å². The van der Waals surface area contributed by atoms with Gasteiger partial charge in [-0.3, -0.25) is 0 Å². The van der Waals surface area contributed by atoms with E-state index in [4.69, 9.17) is 29.0 Å². The van der Waals surface area contributed by atoms with Crippen LogP contribution in [0.3, 0.4) is 0 Å². The van der Waals surface area contributed by atoms with Crippen molar-refractivity contribution in [1.29, 1.82) is 0 Å². The van der Waals surface area contributed by atoms with Crippen molar-refractivity contribution in [3.05, 3.63) is 0 Å². The Labute approximate surface area is 139 Å². The molecule has 138 valence electrons. The summed E-state index contributed by atoms with van der Waals surface area (Å²) in [6.07, 6.45) is -1.71. The predicted octanol–water partition coefficient (Wildman–Crippen LogP) is 1.35. The average Bonchev–Trinajstić information content (AvgIpc) is 2.53. The quantitative estimate of drug-likeness (QED) is 0.578. The standard InChI is InChI=1S/C14H24N2O8/c1-11(2)13(5,23-21-11)7-19-9(17)15-16-10(18)20-8-14(6)12(3,4)22-24-14/h7-8H2,1-6H3,(H,15,17)(H,16,18). The van der Waals surface area contributed by atoms with Gasteiger partial charge in [0.1, 0.15) is 24.4 Å². The van der Waals surface area contributed by atoms with E-state index in [0.717, 1.165) is 0 Å². The molecular weight excluding hydrogens is 324 g/mol. The maximum Gasteiger partial charge on any atom is 0.426 e. The van der Waals surface area contributed by atoms with Crippen LogP contribution in [0.5, 0.6) is 0 Å². The lowest BCUT2D eigenvalue weighted by atomic mass is 9.86. The minimum atomic E-state index is -0.853. The Balaban J connectivity index is 1.64. The van der Waals surface area contributed by atoms with Crippen molar-refractivity contribution >= 4 is 12.2 Å².